The molecule has 0 saturated carbocycles. The van der Waals surface area contributed by atoms with Gasteiger partial charge in [0.15, 0.2) is 0 Å². The van der Waals surface area contributed by atoms with Crippen molar-refractivity contribution in [1.29, 1.82) is 0 Å². The molecule has 0 atom stereocenters. The van der Waals surface area contributed by atoms with Gasteiger partial charge in [0.25, 0.3) is 0 Å². The summed E-state index contributed by atoms with van der Waals surface area (Å²) in [6, 6.07) is 57.8. The summed E-state index contributed by atoms with van der Waals surface area (Å²) in [5.74, 6) is 0. The highest BCUT2D eigenvalue weighted by molar-refractivity contribution is 6.24. The molecule has 0 unspecified atom stereocenters. The molecule has 0 aliphatic heterocycles. The lowest BCUT2D eigenvalue weighted by molar-refractivity contribution is 0.660. The van der Waals surface area contributed by atoms with Crippen molar-refractivity contribution in [3.8, 4) is 44.5 Å². The van der Waals surface area contributed by atoms with Crippen molar-refractivity contribution in [2.45, 2.75) is 19.3 Å². The average molecular weight is 613 g/mol. The standard InChI is InChI=1S/C47H32O/c1-47(2)40-20-10-8-18-36(40)46-37(19-12-21-41(46)47)45-34-17-7-6-16-33(34)44(35-25-23-30(27-39(35)45)29-13-4-3-5-14-29)31-24-26-43-38(28-31)32-15-9-11-22-42(32)48-43/h3-28H,1-2H3. The Kier molecular flexibility index (Phi) is 5.69. The highest BCUT2D eigenvalue weighted by atomic mass is 16.3. The molecule has 1 nitrogen and oxygen atoms in total. The Balaban J connectivity index is 1.35. The minimum absolute atomic E-state index is 0.0779. The van der Waals surface area contributed by atoms with Crippen LogP contribution in [-0.2, 0) is 5.41 Å². The number of benzene rings is 8. The summed E-state index contributed by atoms with van der Waals surface area (Å²) in [6.45, 7) is 4.73. The van der Waals surface area contributed by atoms with E-state index in [-0.39, 0.29) is 5.41 Å². The first-order valence-electron chi connectivity index (χ1n) is 16.8. The molecule has 0 amide bonds. The van der Waals surface area contributed by atoms with Crippen molar-refractivity contribution >= 4 is 43.5 Å². The molecule has 1 aliphatic rings. The average Bonchev–Trinajstić information content (AvgIpc) is 3.62. The Morgan fingerprint density at radius 2 is 0.958 bits per heavy atom. The Morgan fingerprint density at radius 1 is 0.354 bits per heavy atom. The van der Waals surface area contributed by atoms with Crippen LogP contribution in [0.5, 0.6) is 0 Å². The maximum atomic E-state index is 6.25. The van der Waals surface area contributed by atoms with Crippen LogP contribution in [0.4, 0.5) is 0 Å². The maximum Gasteiger partial charge on any atom is 0.135 e. The summed E-state index contributed by atoms with van der Waals surface area (Å²) in [5.41, 5.74) is 14.7. The zero-order chi connectivity index (χ0) is 32.0. The maximum absolute atomic E-state index is 6.25. The predicted molar refractivity (Wildman–Crippen MR) is 203 cm³/mol. The van der Waals surface area contributed by atoms with E-state index in [2.05, 4.69) is 166 Å². The minimum atomic E-state index is -0.0779. The molecule has 0 radical (unpaired) electrons. The van der Waals surface area contributed by atoms with Crippen molar-refractivity contribution in [2.75, 3.05) is 0 Å². The highest BCUT2D eigenvalue weighted by Gasteiger charge is 2.37. The molecule has 8 aromatic carbocycles. The summed E-state index contributed by atoms with van der Waals surface area (Å²) >= 11 is 0. The molecule has 9 aromatic rings. The summed E-state index contributed by atoms with van der Waals surface area (Å²) in [5, 5.41) is 7.31. The van der Waals surface area contributed by atoms with Gasteiger partial charge in [-0.3, -0.25) is 0 Å². The van der Waals surface area contributed by atoms with Gasteiger partial charge in [0, 0.05) is 16.2 Å². The second kappa shape index (κ2) is 10.0. The van der Waals surface area contributed by atoms with Crippen molar-refractivity contribution in [3.63, 3.8) is 0 Å². The van der Waals surface area contributed by atoms with Gasteiger partial charge >= 0.3 is 0 Å². The highest BCUT2D eigenvalue weighted by Crippen LogP contribution is 2.54. The summed E-state index contributed by atoms with van der Waals surface area (Å²) < 4.78 is 6.25. The predicted octanol–water partition coefficient (Wildman–Crippen LogP) is 13.2. The zero-order valence-corrected chi connectivity index (χ0v) is 26.9. The van der Waals surface area contributed by atoms with Gasteiger partial charge in [-0.15, -0.1) is 0 Å². The fraction of sp³-hybridized carbons (Fsp3) is 0.0638. The van der Waals surface area contributed by atoms with Crippen molar-refractivity contribution in [3.05, 3.63) is 169 Å². The normalized spacial score (nSPS) is 13.4. The first kappa shape index (κ1) is 27.2. The molecule has 0 bridgehead atoms. The van der Waals surface area contributed by atoms with Crippen LogP contribution in [-0.4, -0.2) is 0 Å². The van der Waals surface area contributed by atoms with Gasteiger partial charge in [0.2, 0.25) is 0 Å². The number of rotatable bonds is 3. The van der Waals surface area contributed by atoms with Gasteiger partial charge in [-0.05, 0) is 101 Å². The van der Waals surface area contributed by atoms with E-state index in [9.17, 15) is 0 Å². The third kappa shape index (κ3) is 3.79. The topological polar surface area (TPSA) is 13.1 Å². The quantitative estimate of drug-likeness (QED) is 0.181. The molecular formula is C47H32O. The summed E-state index contributed by atoms with van der Waals surface area (Å²) in [4.78, 5) is 0. The zero-order valence-electron chi connectivity index (χ0n) is 26.9. The first-order chi connectivity index (χ1) is 23.6. The van der Waals surface area contributed by atoms with E-state index in [4.69, 9.17) is 4.42 Å². The number of hydrogen-bond acceptors (Lipinski definition) is 1. The van der Waals surface area contributed by atoms with E-state index < -0.39 is 0 Å². The van der Waals surface area contributed by atoms with Crippen LogP contribution >= 0.6 is 0 Å². The number of para-hydroxylation sites is 1. The molecule has 0 fully saturated rings. The first-order valence-corrected chi connectivity index (χ1v) is 16.8. The lowest BCUT2D eigenvalue weighted by Crippen LogP contribution is -2.14. The van der Waals surface area contributed by atoms with Gasteiger partial charge in [0.05, 0.1) is 0 Å². The van der Waals surface area contributed by atoms with E-state index in [1.165, 1.54) is 77.2 Å². The van der Waals surface area contributed by atoms with Crippen LogP contribution in [0, 0.1) is 0 Å². The second-order valence-electron chi connectivity index (χ2n) is 13.6. The van der Waals surface area contributed by atoms with Crippen LogP contribution in [0.15, 0.2) is 162 Å². The third-order valence-corrected chi connectivity index (χ3v) is 10.7. The molecular weight excluding hydrogens is 581 g/mol. The SMILES string of the molecule is CC1(C)c2ccccc2-c2c(-c3c4ccccc4c(-c4ccc5oc6ccccc6c5c4)c4ccc(-c5ccccc5)cc34)cccc21. The Bertz CT molecular complexity index is 2740. The van der Waals surface area contributed by atoms with Gasteiger partial charge in [-0.25, -0.2) is 0 Å². The van der Waals surface area contributed by atoms with Crippen molar-refractivity contribution < 1.29 is 4.42 Å². The van der Waals surface area contributed by atoms with Gasteiger partial charge in [0.1, 0.15) is 11.2 Å². The molecule has 1 heterocycles. The summed E-state index contributed by atoms with van der Waals surface area (Å²) in [7, 11) is 0. The molecule has 0 spiro atoms. The molecule has 48 heavy (non-hydrogen) atoms. The monoisotopic (exact) mass is 612 g/mol. The van der Waals surface area contributed by atoms with Crippen LogP contribution in [0.3, 0.4) is 0 Å². The molecule has 1 heteroatoms. The molecule has 10 rings (SSSR count). The molecule has 0 N–H and O–H groups in total. The lowest BCUT2D eigenvalue weighted by Gasteiger charge is -2.23. The number of fused-ring (bicyclic) bond motifs is 8. The Hall–Kier alpha value is -5.92. The van der Waals surface area contributed by atoms with Crippen molar-refractivity contribution in [2.24, 2.45) is 0 Å². The van der Waals surface area contributed by atoms with Crippen LogP contribution in [0.1, 0.15) is 25.0 Å². The molecule has 1 aliphatic carbocycles. The molecule has 226 valence electrons. The number of hydrogen-bond donors (Lipinski definition) is 0. The van der Waals surface area contributed by atoms with Gasteiger partial charge in [-0.1, -0.05) is 147 Å². The van der Waals surface area contributed by atoms with E-state index in [1.807, 2.05) is 6.07 Å². The van der Waals surface area contributed by atoms with Crippen LogP contribution in [0.25, 0.3) is 88.0 Å². The van der Waals surface area contributed by atoms with Gasteiger partial charge < -0.3 is 4.42 Å². The molecule has 1 aromatic heterocycles. The van der Waals surface area contributed by atoms with Crippen molar-refractivity contribution in [1.82, 2.24) is 0 Å². The number of furan rings is 1. The van der Waals surface area contributed by atoms with Crippen LogP contribution < -0.4 is 0 Å². The van der Waals surface area contributed by atoms with E-state index in [0.29, 0.717) is 0 Å². The van der Waals surface area contributed by atoms with E-state index >= 15 is 0 Å². The summed E-state index contributed by atoms with van der Waals surface area (Å²) in [6.07, 6.45) is 0. The van der Waals surface area contributed by atoms with E-state index in [1.54, 1.807) is 0 Å². The van der Waals surface area contributed by atoms with Gasteiger partial charge in [-0.2, -0.15) is 0 Å². The second-order valence-corrected chi connectivity index (χ2v) is 13.6. The largest absolute Gasteiger partial charge is 0.456 e. The lowest BCUT2D eigenvalue weighted by atomic mass is 9.80. The molecule has 0 saturated heterocycles. The minimum Gasteiger partial charge on any atom is -0.456 e. The fourth-order valence-electron chi connectivity index (χ4n) is 8.43. The Labute approximate surface area is 279 Å². The van der Waals surface area contributed by atoms with E-state index in [0.717, 1.165) is 21.9 Å². The Morgan fingerprint density at radius 3 is 1.81 bits per heavy atom. The third-order valence-electron chi connectivity index (χ3n) is 10.7. The van der Waals surface area contributed by atoms with Crippen LogP contribution in [0.2, 0.25) is 0 Å². The fourth-order valence-corrected chi connectivity index (χ4v) is 8.43. The smallest absolute Gasteiger partial charge is 0.135 e.